The summed E-state index contributed by atoms with van der Waals surface area (Å²) in [6, 6.07) is 16.3. The largest absolute Gasteiger partial charge is 0.483 e. The highest BCUT2D eigenvalue weighted by Gasteiger charge is 2.08. The fraction of sp³-hybridized carbons (Fsp3) is 0.143. The Balaban J connectivity index is 1.52. The van der Waals surface area contributed by atoms with Gasteiger partial charge in [-0.15, -0.1) is 11.3 Å². The summed E-state index contributed by atoms with van der Waals surface area (Å²) in [4.78, 5) is 24.8. The van der Waals surface area contributed by atoms with Crippen LogP contribution in [0.4, 0.5) is 11.4 Å². The number of rotatable bonds is 6. The standard InChI is InChI=1S/C21H20N2O3S/c1-14-5-3-6-18(15(14)2)26-13-20(24)22-16-8-10-17(11-9-16)23-21(25)19-7-4-12-27-19/h3-12H,13H2,1-2H3,(H,22,24)(H,23,25). The van der Waals surface area contributed by atoms with Crippen LogP contribution < -0.4 is 15.4 Å². The molecule has 2 N–H and O–H groups in total. The van der Waals surface area contributed by atoms with Gasteiger partial charge in [0.1, 0.15) is 5.75 Å². The van der Waals surface area contributed by atoms with E-state index in [0.717, 1.165) is 11.1 Å². The zero-order chi connectivity index (χ0) is 19.2. The lowest BCUT2D eigenvalue weighted by Gasteiger charge is -2.11. The second-order valence-corrected chi connectivity index (χ2v) is 6.99. The first-order valence-corrected chi connectivity index (χ1v) is 9.34. The first kappa shape index (κ1) is 18.7. The van der Waals surface area contributed by atoms with Crippen molar-refractivity contribution in [3.8, 4) is 5.75 Å². The molecule has 2 amide bonds. The van der Waals surface area contributed by atoms with Gasteiger partial charge < -0.3 is 15.4 Å². The summed E-state index contributed by atoms with van der Waals surface area (Å²) in [5, 5.41) is 7.45. The van der Waals surface area contributed by atoms with Crippen molar-refractivity contribution in [2.24, 2.45) is 0 Å². The van der Waals surface area contributed by atoms with E-state index in [1.54, 1.807) is 30.3 Å². The lowest BCUT2D eigenvalue weighted by molar-refractivity contribution is -0.118. The molecule has 138 valence electrons. The maximum atomic E-state index is 12.1. The molecule has 0 aliphatic carbocycles. The fourth-order valence-corrected chi connectivity index (χ4v) is 3.08. The van der Waals surface area contributed by atoms with Crippen molar-refractivity contribution in [2.45, 2.75) is 13.8 Å². The third-order valence-electron chi connectivity index (χ3n) is 4.09. The SMILES string of the molecule is Cc1cccc(OCC(=O)Nc2ccc(NC(=O)c3cccs3)cc2)c1C. The van der Waals surface area contributed by atoms with Gasteiger partial charge in [0.05, 0.1) is 4.88 Å². The molecule has 0 spiro atoms. The van der Waals surface area contributed by atoms with Crippen molar-refractivity contribution in [3.63, 3.8) is 0 Å². The first-order valence-electron chi connectivity index (χ1n) is 8.47. The molecule has 6 heteroatoms. The molecule has 3 aromatic rings. The van der Waals surface area contributed by atoms with Crippen LogP contribution in [0.3, 0.4) is 0 Å². The minimum absolute atomic E-state index is 0.0683. The van der Waals surface area contributed by atoms with Crippen molar-refractivity contribution < 1.29 is 14.3 Å². The fourth-order valence-electron chi connectivity index (χ4n) is 2.46. The van der Waals surface area contributed by atoms with Crippen molar-refractivity contribution >= 4 is 34.5 Å². The van der Waals surface area contributed by atoms with Crippen LogP contribution in [0, 0.1) is 13.8 Å². The monoisotopic (exact) mass is 380 g/mol. The zero-order valence-electron chi connectivity index (χ0n) is 15.1. The summed E-state index contributed by atoms with van der Waals surface area (Å²) in [5.74, 6) is 0.312. The van der Waals surface area contributed by atoms with Crippen LogP contribution in [-0.2, 0) is 4.79 Å². The van der Waals surface area contributed by atoms with Crippen molar-refractivity contribution in [1.29, 1.82) is 0 Å². The van der Waals surface area contributed by atoms with Gasteiger partial charge in [0.2, 0.25) is 0 Å². The van der Waals surface area contributed by atoms with E-state index >= 15 is 0 Å². The van der Waals surface area contributed by atoms with Crippen LogP contribution in [-0.4, -0.2) is 18.4 Å². The van der Waals surface area contributed by atoms with Gasteiger partial charge in [-0.3, -0.25) is 9.59 Å². The number of nitrogens with one attached hydrogen (secondary N) is 2. The smallest absolute Gasteiger partial charge is 0.265 e. The molecule has 27 heavy (non-hydrogen) atoms. The number of thiophene rings is 1. The quantitative estimate of drug-likeness (QED) is 0.655. The van der Waals surface area contributed by atoms with E-state index < -0.39 is 0 Å². The predicted molar refractivity (Wildman–Crippen MR) is 109 cm³/mol. The molecule has 1 aromatic heterocycles. The maximum absolute atomic E-state index is 12.1. The van der Waals surface area contributed by atoms with Crippen LogP contribution in [0.15, 0.2) is 60.0 Å². The summed E-state index contributed by atoms with van der Waals surface area (Å²) in [7, 11) is 0. The Morgan fingerprint density at radius 3 is 2.30 bits per heavy atom. The molecule has 5 nitrogen and oxygen atoms in total. The normalized spacial score (nSPS) is 10.3. The first-order chi connectivity index (χ1) is 13.0. The highest BCUT2D eigenvalue weighted by Crippen LogP contribution is 2.21. The molecule has 0 bridgehead atoms. The van der Waals surface area contributed by atoms with Gasteiger partial charge in [-0.25, -0.2) is 0 Å². The van der Waals surface area contributed by atoms with Crippen LogP contribution in [0.25, 0.3) is 0 Å². The Labute approximate surface area is 162 Å². The van der Waals surface area contributed by atoms with Crippen LogP contribution in [0.5, 0.6) is 5.75 Å². The predicted octanol–water partition coefficient (Wildman–Crippen LogP) is 4.63. The Bertz CT molecular complexity index is 935. The van der Waals surface area contributed by atoms with Gasteiger partial charge in [0, 0.05) is 11.4 Å². The molecule has 0 radical (unpaired) electrons. The number of aryl methyl sites for hydroxylation is 1. The third-order valence-corrected chi connectivity index (χ3v) is 4.95. The van der Waals surface area contributed by atoms with Gasteiger partial charge in [0.15, 0.2) is 6.61 Å². The van der Waals surface area contributed by atoms with E-state index in [4.69, 9.17) is 4.74 Å². The number of benzene rings is 2. The number of hydrogen-bond donors (Lipinski definition) is 2. The summed E-state index contributed by atoms with van der Waals surface area (Å²) < 4.78 is 5.60. The number of ether oxygens (including phenoxy) is 1. The van der Waals surface area contributed by atoms with E-state index in [9.17, 15) is 9.59 Å². The highest BCUT2D eigenvalue weighted by atomic mass is 32.1. The average Bonchev–Trinajstić information content (AvgIpc) is 3.19. The Kier molecular flexibility index (Phi) is 5.88. The number of carbonyl (C=O) groups excluding carboxylic acids is 2. The highest BCUT2D eigenvalue weighted by molar-refractivity contribution is 7.12. The number of carbonyl (C=O) groups is 2. The summed E-state index contributed by atoms with van der Waals surface area (Å²) in [6.07, 6.45) is 0. The van der Waals surface area contributed by atoms with Crippen molar-refractivity contribution in [3.05, 3.63) is 76.0 Å². The summed E-state index contributed by atoms with van der Waals surface area (Å²) in [5.41, 5.74) is 3.45. The second kappa shape index (κ2) is 8.51. The van der Waals surface area contributed by atoms with Gasteiger partial charge >= 0.3 is 0 Å². The molecule has 0 fully saturated rings. The van der Waals surface area contributed by atoms with Gasteiger partial charge in [-0.2, -0.15) is 0 Å². The van der Waals surface area contributed by atoms with E-state index in [0.29, 0.717) is 22.0 Å². The Morgan fingerprint density at radius 1 is 0.926 bits per heavy atom. The minimum Gasteiger partial charge on any atom is -0.483 e. The van der Waals surface area contributed by atoms with Crippen LogP contribution in [0.1, 0.15) is 20.8 Å². The van der Waals surface area contributed by atoms with Gasteiger partial charge in [0.25, 0.3) is 11.8 Å². The average molecular weight is 380 g/mol. The number of hydrogen-bond acceptors (Lipinski definition) is 4. The number of anilines is 2. The topological polar surface area (TPSA) is 67.4 Å². The van der Waals surface area contributed by atoms with E-state index in [2.05, 4.69) is 10.6 Å². The third kappa shape index (κ3) is 4.95. The van der Waals surface area contributed by atoms with Crippen molar-refractivity contribution in [2.75, 3.05) is 17.2 Å². The van der Waals surface area contributed by atoms with E-state index in [-0.39, 0.29) is 18.4 Å². The summed E-state index contributed by atoms with van der Waals surface area (Å²) in [6.45, 7) is 3.90. The molecular weight excluding hydrogens is 360 g/mol. The Morgan fingerprint density at radius 2 is 1.63 bits per heavy atom. The molecule has 1 heterocycles. The molecule has 2 aromatic carbocycles. The second-order valence-electron chi connectivity index (χ2n) is 6.04. The molecule has 0 saturated heterocycles. The molecule has 0 atom stereocenters. The van der Waals surface area contributed by atoms with E-state index in [1.165, 1.54) is 11.3 Å². The van der Waals surface area contributed by atoms with Gasteiger partial charge in [-0.05, 0) is 66.8 Å². The zero-order valence-corrected chi connectivity index (χ0v) is 15.9. The summed E-state index contributed by atoms with van der Waals surface area (Å²) >= 11 is 1.38. The van der Waals surface area contributed by atoms with Gasteiger partial charge in [-0.1, -0.05) is 18.2 Å². The lowest BCUT2D eigenvalue weighted by Crippen LogP contribution is -2.20. The molecule has 0 aliphatic heterocycles. The maximum Gasteiger partial charge on any atom is 0.265 e. The lowest BCUT2D eigenvalue weighted by atomic mass is 10.1. The molecule has 0 saturated carbocycles. The van der Waals surface area contributed by atoms with Crippen LogP contribution >= 0.6 is 11.3 Å². The van der Waals surface area contributed by atoms with E-state index in [1.807, 2.05) is 43.5 Å². The molecular formula is C21H20N2O3S. The molecule has 0 aliphatic rings. The molecule has 0 unspecified atom stereocenters. The minimum atomic E-state index is -0.244. The van der Waals surface area contributed by atoms with Crippen molar-refractivity contribution in [1.82, 2.24) is 0 Å². The number of amides is 2. The van der Waals surface area contributed by atoms with Crippen LogP contribution in [0.2, 0.25) is 0 Å². The molecule has 3 rings (SSSR count). The Hall–Kier alpha value is -3.12.